The highest BCUT2D eigenvalue weighted by molar-refractivity contribution is 6.33. The Hall–Kier alpha value is -3.11. The number of aryl methyl sites for hydroxylation is 1. The summed E-state index contributed by atoms with van der Waals surface area (Å²) >= 11 is 6.15. The van der Waals surface area contributed by atoms with E-state index in [-0.39, 0.29) is 18.2 Å². The molecule has 0 aliphatic heterocycles. The van der Waals surface area contributed by atoms with Crippen molar-refractivity contribution in [3.63, 3.8) is 0 Å². The molecular weight excluding hydrogens is 384 g/mol. The van der Waals surface area contributed by atoms with Crippen LogP contribution in [-0.4, -0.2) is 11.8 Å². The van der Waals surface area contributed by atoms with Crippen LogP contribution in [0.15, 0.2) is 72.8 Å². The molecule has 0 saturated carbocycles. The maximum Gasteiger partial charge on any atom is 0.253 e. The van der Waals surface area contributed by atoms with Gasteiger partial charge in [-0.3, -0.25) is 9.59 Å². The van der Waals surface area contributed by atoms with Crippen LogP contribution in [0.25, 0.3) is 0 Å². The van der Waals surface area contributed by atoms with Crippen LogP contribution in [0.1, 0.15) is 39.5 Å². The fraction of sp³-hybridized carbons (Fsp3) is 0.167. The minimum Gasteiger partial charge on any atom is -0.345 e. The minimum atomic E-state index is -0.481. The lowest BCUT2D eigenvalue weighted by molar-refractivity contribution is -0.116. The Morgan fingerprint density at radius 3 is 2.31 bits per heavy atom. The van der Waals surface area contributed by atoms with E-state index in [1.54, 1.807) is 24.3 Å². The van der Waals surface area contributed by atoms with E-state index < -0.39 is 6.04 Å². The Bertz CT molecular complexity index is 1020. The third kappa shape index (κ3) is 5.24. The predicted molar refractivity (Wildman–Crippen MR) is 117 cm³/mol. The largest absolute Gasteiger partial charge is 0.345 e. The quantitative estimate of drug-likeness (QED) is 0.571. The number of carbonyl (C=O) groups excluding carboxylic acids is 2. The molecule has 0 heterocycles. The lowest BCUT2D eigenvalue weighted by Crippen LogP contribution is -2.31. The fourth-order valence-corrected chi connectivity index (χ4v) is 3.31. The molecular formula is C24H23ClN2O2. The summed E-state index contributed by atoms with van der Waals surface area (Å²) in [6.45, 7) is 3.97. The molecule has 0 radical (unpaired) electrons. The molecule has 29 heavy (non-hydrogen) atoms. The van der Waals surface area contributed by atoms with Crippen LogP contribution in [0.3, 0.4) is 0 Å². The fourth-order valence-electron chi connectivity index (χ4n) is 3.09. The number of carbonyl (C=O) groups is 2. The predicted octanol–water partition coefficient (Wildman–Crippen LogP) is 5.46. The summed E-state index contributed by atoms with van der Waals surface area (Å²) in [5, 5.41) is 6.28. The Kier molecular flexibility index (Phi) is 6.68. The van der Waals surface area contributed by atoms with Gasteiger partial charge in [0, 0.05) is 5.69 Å². The Morgan fingerprint density at radius 1 is 0.897 bits per heavy atom. The summed E-state index contributed by atoms with van der Waals surface area (Å²) in [6.07, 6.45) is 0.105. The van der Waals surface area contributed by atoms with Crippen LogP contribution in [0.5, 0.6) is 0 Å². The summed E-state index contributed by atoms with van der Waals surface area (Å²) in [6, 6.07) is 21.6. The molecule has 3 aromatic rings. The van der Waals surface area contributed by atoms with Gasteiger partial charge in [-0.25, -0.2) is 0 Å². The molecule has 2 N–H and O–H groups in total. The Morgan fingerprint density at radius 2 is 1.59 bits per heavy atom. The van der Waals surface area contributed by atoms with Gasteiger partial charge in [0.2, 0.25) is 5.91 Å². The molecule has 0 aromatic heterocycles. The summed E-state index contributed by atoms with van der Waals surface area (Å²) in [5.41, 5.74) is 4.14. The standard InChI is InChI=1S/C24H23ClN2O2/c1-16-9-8-14-21(17(16)2)26-23(28)15-22(18-10-4-3-5-11-18)27-24(29)19-12-6-7-13-20(19)25/h3-14,22H,15H2,1-2H3,(H,26,28)(H,27,29)/t22-/m0/s1. The second-order valence-electron chi connectivity index (χ2n) is 6.92. The average Bonchev–Trinajstić information content (AvgIpc) is 2.72. The van der Waals surface area contributed by atoms with Gasteiger partial charge in [0.25, 0.3) is 5.91 Å². The zero-order chi connectivity index (χ0) is 20.8. The van der Waals surface area contributed by atoms with Gasteiger partial charge in [0.1, 0.15) is 0 Å². The summed E-state index contributed by atoms with van der Waals surface area (Å²) < 4.78 is 0. The highest BCUT2D eigenvalue weighted by Crippen LogP contribution is 2.22. The zero-order valence-corrected chi connectivity index (χ0v) is 17.2. The van der Waals surface area contributed by atoms with Crippen molar-refractivity contribution in [2.45, 2.75) is 26.3 Å². The van der Waals surface area contributed by atoms with E-state index in [4.69, 9.17) is 11.6 Å². The second-order valence-corrected chi connectivity index (χ2v) is 7.32. The third-order valence-corrected chi connectivity index (χ3v) is 5.22. The maximum atomic E-state index is 12.8. The molecule has 0 spiro atoms. The van der Waals surface area contributed by atoms with E-state index in [0.29, 0.717) is 10.6 Å². The molecule has 0 unspecified atom stereocenters. The number of hydrogen-bond donors (Lipinski definition) is 2. The molecule has 0 saturated heterocycles. The highest BCUT2D eigenvalue weighted by Gasteiger charge is 2.20. The van der Waals surface area contributed by atoms with Crippen molar-refractivity contribution in [2.24, 2.45) is 0 Å². The first-order valence-electron chi connectivity index (χ1n) is 9.42. The topological polar surface area (TPSA) is 58.2 Å². The van der Waals surface area contributed by atoms with E-state index in [1.807, 2.05) is 62.4 Å². The first kappa shape index (κ1) is 20.6. The Balaban J connectivity index is 1.79. The van der Waals surface area contributed by atoms with Crippen LogP contribution in [-0.2, 0) is 4.79 Å². The number of hydrogen-bond acceptors (Lipinski definition) is 2. The van der Waals surface area contributed by atoms with Gasteiger partial charge in [-0.1, -0.05) is 66.2 Å². The van der Waals surface area contributed by atoms with Gasteiger partial charge < -0.3 is 10.6 Å². The van der Waals surface area contributed by atoms with Crippen molar-refractivity contribution in [1.29, 1.82) is 0 Å². The normalized spacial score (nSPS) is 11.6. The number of anilines is 1. The number of halogens is 1. The Labute approximate surface area is 175 Å². The van der Waals surface area contributed by atoms with E-state index in [2.05, 4.69) is 10.6 Å². The van der Waals surface area contributed by atoms with E-state index in [0.717, 1.165) is 22.4 Å². The van der Waals surface area contributed by atoms with Gasteiger partial charge in [0.05, 0.1) is 23.0 Å². The van der Waals surface area contributed by atoms with Crippen LogP contribution in [0.2, 0.25) is 5.02 Å². The highest BCUT2D eigenvalue weighted by atomic mass is 35.5. The number of nitrogens with one attached hydrogen (secondary N) is 2. The van der Waals surface area contributed by atoms with Crippen molar-refractivity contribution >= 4 is 29.1 Å². The van der Waals surface area contributed by atoms with Crippen LogP contribution >= 0.6 is 11.6 Å². The SMILES string of the molecule is Cc1cccc(NC(=O)C[C@H](NC(=O)c2ccccc2Cl)c2ccccc2)c1C. The lowest BCUT2D eigenvalue weighted by atomic mass is 10.0. The van der Waals surface area contributed by atoms with Crippen molar-refractivity contribution in [2.75, 3.05) is 5.32 Å². The molecule has 0 fully saturated rings. The number of benzene rings is 3. The smallest absolute Gasteiger partial charge is 0.253 e. The van der Waals surface area contributed by atoms with Gasteiger partial charge in [-0.05, 0) is 48.7 Å². The zero-order valence-electron chi connectivity index (χ0n) is 16.4. The van der Waals surface area contributed by atoms with Gasteiger partial charge in [-0.2, -0.15) is 0 Å². The molecule has 0 bridgehead atoms. The molecule has 0 aliphatic rings. The van der Waals surface area contributed by atoms with E-state index in [1.165, 1.54) is 0 Å². The molecule has 4 nitrogen and oxygen atoms in total. The van der Waals surface area contributed by atoms with Crippen molar-refractivity contribution in [3.05, 3.63) is 100 Å². The van der Waals surface area contributed by atoms with Gasteiger partial charge in [-0.15, -0.1) is 0 Å². The molecule has 2 amide bonds. The monoisotopic (exact) mass is 406 g/mol. The van der Waals surface area contributed by atoms with Crippen LogP contribution in [0.4, 0.5) is 5.69 Å². The average molecular weight is 407 g/mol. The summed E-state index contributed by atoms with van der Waals surface area (Å²) in [7, 11) is 0. The summed E-state index contributed by atoms with van der Waals surface area (Å²) in [4.78, 5) is 25.5. The number of rotatable bonds is 6. The first-order chi connectivity index (χ1) is 14.0. The van der Waals surface area contributed by atoms with Crippen molar-refractivity contribution < 1.29 is 9.59 Å². The van der Waals surface area contributed by atoms with Crippen molar-refractivity contribution in [3.8, 4) is 0 Å². The molecule has 148 valence electrons. The van der Waals surface area contributed by atoms with Crippen molar-refractivity contribution in [1.82, 2.24) is 5.32 Å². The van der Waals surface area contributed by atoms with Crippen LogP contribution in [0, 0.1) is 13.8 Å². The molecule has 1 atom stereocenters. The van der Waals surface area contributed by atoms with Gasteiger partial charge >= 0.3 is 0 Å². The maximum absolute atomic E-state index is 12.8. The third-order valence-electron chi connectivity index (χ3n) is 4.89. The molecule has 5 heteroatoms. The molecule has 3 rings (SSSR count). The second kappa shape index (κ2) is 9.39. The molecule has 3 aromatic carbocycles. The van der Waals surface area contributed by atoms with E-state index >= 15 is 0 Å². The minimum absolute atomic E-state index is 0.105. The van der Waals surface area contributed by atoms with Crippen LogP contribution < -0.4 is 10.6 Å². The molecule has 0 aliphatic carbocycles. The van der Waals surface area contributed by atoms with Gasteiger partial charge in [0.15, 0.2) is 0 Å². The lowest BCUT2D eigenvalue weighted by Gasteiger charge is -2.20. The summed E-state index contributed by atoms with van der Waals surface area (Å²) in [5.74, 6) is -0.490. The van der Waals surface area contributed by atoms with E-state index in [9.17, 15) is 9.59 Å². The number of amides is 2. The first-order valence-corrected chi connectivity index (χ1v) is 9.80.